The molecule has 3 rings (SSSR count). The normalized spacial score (nSPS) is 14.0. The third-order valence-corrected chi connectivity index (χ3v) is 4.31. The molecule has 1 aliphatic rings. The highest BCUT2D eigenvalue weighted by Gasteiger charge is 2.22. The van der Waals surface area contributed by atoms with E-state index in [1.54, 1.807) is 0 Å². The van der Waals surface area contributed by atoms with Crippen molar-refractivity contribution in [3.8, 4) is 0 Å². The summed E-state index contributed by atoms with van der Waals surface area (Å²) in [5.41, 5.74) is 3.07. The molecule has 4 heteroatoms. The molecule has 3 nitrogen and oxygen atoms in total. The van der Waals surface area contributed by atoms with Crippen molar-refractivity contribution in [3.63, 3.8) is 0 Å². The monoisotopic (exact) mass is 344 g/mol. The zero-order valence-electron chi connectivity index (χ0n) is 11.9. The average molecular weight is 345 g/mol. The van der Waals surface area contributed by atoms with Gasteiger partial charge in [-0.25, -0.2) is 0 Å². The Morgan fingerprint density at radius 2 is 1.86 bits per heavy atom. The first-order valence-electron chi connectivity index (χ1n) is 6.99. The van der Waals surface area contributed by atoms with Crippen LogP contribution in [0.15, 0.2) is 53.0 Å². The number of carbonyl (C=O) groups excluding carboxylic acids is 1. The van der Waals surface area contributed by atoms with Crippen LogP contribution in [0, 0.1) is 0 Å². The van der Waals surface area contributed by atoms with Gasteiger partial charge in [0, 0.05) is 30.2 Å². The highest BCUT2D eigenvalue weighted by atomic mass is 79.9. The van der Waals surface area contributed by atoms with Crippen molar-refractivity contribution in [1.29, 1.82) is 0 Å². The van der Waals surface area contributed by atoms with Crippen molar-refractivity contribution in [3.05, 3.63) is 58.6 Å². The van der Waals surface area contributed by atoms with Gasteiger partial charge in [0.25, 0.3) is 0 Å². The summed E-state index contributed by atoms with van der Waals surface area (Å²) < 4.78 is 0.937. The zero-order chi connectivity index (χ0) is 14.8. The van der Waals surface area contributed by atoms with Crippen molar-refractivity contribution in [2.24, 2.45) is 0 Å². The van der Waals surface area contributed by atoms with E-state index in [4.69, 9.17) is 0 Å². The third-order valence-electron chi connectivity index (χ3n) is 3.82. The molecular weight excluding hydrogens is 328 g/mol. The van der Waals surface area contributed by atoms with Gasteiger partial charge in [-0.3, -0.25) is 4.79 Å². The number of halogens is 1. The summed E-state index contributed by atoms with van der Waals surface area (Å²) in [4.78, 5) is 16.9. The Bertz CT molecular complexity index is 671. The summed E-state index contributed by atoms with van der Waals surface area (Å²) in [7, 11) is 2.09. The largest absolute Gasteiger partial charge is 0.371 e. The van der Waals surface area contributed by atoms with E-state index in [0.29, 0.717) is 6.54 Å². The van der Waals surface area contributed by atoms with E-state index in [-0.39, 0.29) is 5.78 Å². The molecule has 0 amide bonds. The molecule has 0 saturated heterocycles. The fourth-order valence-electron chi connectivity index (χ4n) is 2.66. The van der Waals surface area contributed by atoms with Crippen molar-refractivity contribution in [2.45, 2.75) is 0 Å². The predicted molar refractivity (Wildman–Crippen MR) is 90.4 cm³/mol. The van der Waals surface area contributed by atoms with E-state index in [1.807, 2.05) is 36.4 Å². The molecule has 0 spiro atoms. The molecular formula is C17H17BrN2O. The summed E-state index contributed by atoms with van der Waals surface area (Å²) in [5.74, 6) is 0.149. The van der Waals surface area contributed by atoms with Gasteiger partial charge in [0.1, 0.15) is 0 Å². The molecule has 2 aromatic carbocycles. The number of hydrogen-bond donors (Lipinski definition) is 0. The fraction of sp³-hybridized carbons (Fsp3) is 0.235. The average Bonchev–Trinajstić information content (AvgIpc) is 2.50. The molecule has 0 bridgehead atoms. The highest BCUT2D eigenvalue weighted by Crippen LogP contribution is 2.31. The van der Waals surface area contributed by atoms with Gasteiger partial charge in [-0.05, 0) is 24.3 Å². The van der Waals surface area contributed by atoms with Crippen LogP contribution in [-0.2, 0) is 0 Å². The van der Waals surface area contributed by atoms with Crippen molar-refractivity contribution in [2.75, 3.05) is 36.5 Å². The number of carbonyl (C=O) groups is 1. The molecule has 108 valence electrons. The summed E-state index contributed by atoms with van der Waals surface area (Å²) in [6.45, 7) is 2.22. The number of para-hydroxylation sites is 2. The number of anilines is 2. The molecule has 21 heavy (non-hydrogen) atoms. The number of nitrogens with zero attached hydrogens (tertiary/aromatic N) is 2. The van der Waals surface area contributed by atoms with E-state index >= 15 is 0 Å². The van der Waals surface area contributed by atoms with Crippen molar-refractivity contribution < 1.29 is 4.79 Å². The SMILES string of the molecule is CN1CCN(CC(=O)c2cccc(Br)c2)c2ccccc21. The topological polar surface area (TPSA) is 23.6 Å². The first kappa shape index (κ1) is 14.1. The summed E-state index contributed by atoms with van der Waals surface area (Å²) in [5, 5.41) is 0. The smallest absolute Gasteiger partial charge is 0.182 e. The Balaban J connectivity index is 1.83. The summed E-state index contributed by atoms with van der Waals surface area (Å²) in [6.07, 6.45) is 0. The van der Waals surface area contributed by atoms with Crippen LogP contribution in [0.25, 0.3) is 0 Å². The quantitative estimate of drug-likeness (QED) is 0.795. The van der Waals surface area contributed by atoms with E-state index in [1.165, 1.54) is 5.69 Å². The van der Waals surface area contributed by atoms with E-state index in [9.17, 15) is 4.79 Å². The van der Waals surface area contributed by atoms with Crippen LogP contribution in [-0.4, -0.2) is 32.5 Å². The van der Waals surface area contributed by atoms with Crippen LogP contribution in [0.4, 0.5) is 11.4 Å². The molecule has 1 aliphatic heterocycles. The molecule has 0 N–H and O–H groups in total. The van der Waals surface area contributed by atoms with Gasteiger partial charge < -0.3 is 9.80 Å². The second-order valence-corrected chi connectivity index (χ2v) is 6.18. The van der Waals surface area contributed by atoms with Gasteiger partial charge in [-0.2, -0.15) is 0 Å². The van der Waals surface area contributed by atoms with Gasteiger partial charge in [0.2, 0.25) is 0 Å². The van der Waals surface area contributed by atoms with E-state index < -0.39 is 0 Å². The van der Waals surface area contributed by atoms with Crippen LogP contribution in [0.1, 0.15) is 10.4 Å². The first-order chi connectivity index (χ1) is 10.1. The maximum atomic E-state index is 12.5. The molecule has 1 heterocycles. The predicted octanol–water partition coefficient (Wildman–Crippen LogP) is 3.59. The molecule has 0 radical (unpaired) electrons. The molecule has 0 atom stereocenters. The maximum absolute atomic E-state index is 12.5. The number of ketones is 1. The van der Waals surface area contributed by atoms with Gasteiger partial charge in [-0.15, -0.1) is 0 Å². The number of Topliss-reactive ketones (excluding diaryl/α,β-unsaturated/α-hetero) is 1. The Hall–Kier alpha value is -1.81. The lowest BCUT2D eigenvalue weighted by Crippen LogP contribution is -2.41. The Morgan fingerprint density at radius 1 is 1.10 bits per heavy atom. The molecule has 0 fully saturated rings. The number of fused-ring (bicyclic) bond motifs is 1. The third kappa shape index (κ3) is 2.95. The molecule has 2 aromatic rings. The second kappa shape index (κ2) is 5.90. The van der Waals surface area contributed by atoms with E-state index in [0.717, 1.165) is 28.8 Å². The molecule has 0 saturated carbocycles. The first-order valence-corrected chi connectivity index (χ1v) is 7.78. The number of rotatable bonds is 3. The van der Waals surface area contributed by atoms with Crippen LogP contribution in [0.3, 0.4) is 0 Å². The van der Waals surface area contributed by atoms with E-state index in [2.05, 4.69) is 44.9 Å². The lowest BCUT2D eigenvalue weighted by molar-refractivity contribution is 0.0999. The number of benzene rings is 2. The maximum Gasteiger partial charge on any atom is 0.182 e. The van der Waals surface area contributed by atoms with Crippen molar-refractivity contribution >= 4 is 33.1 Å². The molecule has 0 aliphatic carbocycles. The lowest BCUT2D eigenvalue weighted by Gasteiger charge is -2.36. The van der Waals surface area contributed by atoms with Crippen LogP contribution < -0.4 is 9.80 Å². The minimum atomic E-state index is 0.149. The fourth-order valence-corrected chi connectivity index (χ4v) is 3.06. The van der Waals surface area contributed by atoms with Crippen LogP contribution in [0.2, 0.25) is 0 Å². The lowest BCUT2D eigenvalue weighted by atomic mass is 10.1. The van der Waals surface area contributed by atoms with Gasteiger partial charge in [0.15, 0.2) is 5.78 Å². The Kier molecular flexibility index (Phi) is 3.97. The molecule has 0 unspecified atom stereocenters. The van der Waals surface area contributed by atoms with Gasteiger partial charge >= 0.3 is 0 Å². The van der Waals surface area contributed by atoms with Crippen molar-refractivity contribution in [1.82, 2.24) is 0 Å². The highest BCUT2D eigenvalue weighted by molar-refractivity contribution is 9.10. The van der Waals surface area contributed by atoms with Gasteiger partial charge in [-0.1, -0.05) is 40.2 Å². The number of likely N-dealkylation sites (N-methyl/N-ethyl adjacent to an activating group) is 1. The van der Waals surface area contributed by atoms with Crippen LogP contribution >= 0.6 is 15.9 Å². The zero-order valence-corrected chi connectivity index (χ0v) is 13.5. The Morgan fingerprint density at radius 3 is 2.62 bits per heavy atom. The van der Waals surface area contributed by atoms with Crippen LogP contribution in [0.5, 0.6) is 0 Å². The second-order valence-electron chi connectivity index (χ2n) is 5.27. The number of hydrogen-bond acceptors (Lipinski definition) is 3. The standard InChI is InChI=1S/C17H17BrN2O/c1-19-9-10-20(16-8-3-2-7-15(16)19)12-17(21)13-5-4-6-14(18)11-13/h2-8,11H,9-10,12H2,1H3. The summed E-state index contributed by atoms with van der Waals surface area (Å²) in [6, 6.07) is 15.8. The summed E-state index contributed by atoms with van der Waals surface area (Å²) >= 11 is 3.42. The minimum absolute atomic E-state index is 0.149. The van der Waals surface area contributed by atoms with Gasteiger partial charge in [0.05, 0.1) is 17.9 Å². The minimum Gasteiger partial charge on any atom is -0.371 e. The Labute approximate surface area is 133 Å². The molecule has 0 aromatic heterocycles.